The number of nitrogens with one attached hydrogen (secondary N) is 1. The highest BCUT2D eigenvalue weighted by molar-refractivity contribution is 5.48. The zero-order chi connectivity index (χ0) is 12.1. The normalized spacial score (nSPS) is 10.9. The fourth-order valence-corrected chi connectivity index (χ4v) is 1.32. The molecule has 0 aliphatic rings. The molecule has 3 N–H and O–H groups in total. The summed E-state index contributed by atoms with van der Waals surface area (Å²) >= 11 is 0. The van der Waals surface area contributed by atoms with E-state index in [-0.39, 0.29) is 12.2 Å². The lowest BCUT2D eigenvalue weighted by Crippen LogP contribution is -2.21. The van der Waals surface area contributed by atoms with Crippen LogP contribution in [0.15, 0.2) is 12.1 Å². The molecule has 0 aromatic heterocycles. The zero-order valence-corrected chi connectivity index (χ0v) is 9.56. The van der Waals surface area contributed by atoms with E-state index in [1.165, 1.54) is 12.1 Å². The summed E-state index contributed by atoms with van der Waals surface area (Å²) in [5.41, 5.74) is 5.68. The highest BCUT2D eigenvalue weighted by Gasteiger charge is 2.09. The van der Waals surface area contributed by atoms with Crippen LogP contribution in [0.4, 0.5) is 14.5 Å². The van der Waals surface area contributed by atoms with Crippen molar-refractivity contribution in [2.45, 2.75) is 6.54 Å². The monoisotopic (exact) mass is 229 g/mol. The van der Waals surface area contributed by atoms with Crippen molar-refractivity contribution in [2.75, 3.05) is 32.5 Å². The van der Waals surface area contributed by atoms with Crippen LogP contribution in [-0.4, -0.2) is 32.1 Å². The molecule has 0 aliphatic heterocycles. The van der Waals surface area contributed by atoms with Gasteiger partial charge < -0.3 is 16.0 Å². The van der Waals surface area contributed by atoms with Gasteiger partial charge in [0.25, 0.3) is 0 Å². The molecule has 1 aromatic carbocycles. The second kappa shape index (κ2) is 5.77. The number of anilines is 1. The first kappa shape index (κ1) is 12.9. The molecule has 90 valence electrons. The van der Waals surface area contributed by atoms with E-state index in [4.69, 9.17) is 5.73 Å². The van der Waals surface area contributed by atoms with Crippen LogP contribution in [0.1, 0.15) is 5.56 Å². The van der Waals surface area contributed by atoms with E-state index in [1.807, 2.05) is 19.0 Å². The minimum Gasteiger partial charge on any atom is -0.379 e. The molecule has 0 fully saturated rings. The molecule has 0 bridgehead atoms. The molecule has 0 saturated heterocycles. The molecule has 0 unspecified atom stereocenters. The first-order chi connectivity index (χ1) is 7.54. The minimum absolute atomic E-state index is 0.0842. The third-order valence-corrected chi connectivity index (χ3v) is 2.20. The summed E-state index contributed by atoms with van der Waals surface area (Å²) in [6.45, 7) is 1.33. The third kappa shape index (κ3) is 3.43. The first-order valence-electron chi connectivity index (χ1n) is 5.11. The lowest BCUT2D eigenvalue weighted by atomic mass is 10.2. The molecular weight excluding hydrogens is 212 g/mol. The number of nitrogens with two attached hydrogens (primary N) is 1. The summed E-state index contributed by atoms with van der Waals surface area (Å²) in [4.78, 5) is 1.93. The van der Waals surface area contributed by atoms with Gasteiger partial charge in [-0.3, -0.25) is 0 Å². The Morgan fingerprint density at radius 3 is 2.25 bits per heavy atom. The molecule has 16 heavy (non-hydrogen) atoms. The van der Waals surface area contributed by atoms with Gasteiger partial charge >= 0.3 is 0 Å². The second-order valence-electron chi connectivity index (χ2n) is 3.87. The fraction of sp³-hybridized carbons (Fsp3) is 0.455. The van der Waals surface area contributed by atoms with Crippen LogP contribution in [0.3, 0.4) is 0 Å². The summed E-state index contributed by atoms with van der Waals surface area (Å²) in [5.74, 6) is -1.20. The first-order valence-corrected chi connectivity index (χ1v) is 5.11. The quantitative estimate of drug-likeness (QED) is 0.802. The zero-order valence-electron chi connectivity index (χ0n) is 9.56. The van der Waals surface area contributed by atoms with Crippen LogP contribution in [-0.2, 0) is 6.54 Å². The number of likely N-dealkylation sites (N-methyl/N-ethyl adjacent to an activating group) is 1. The van der Waals surface area contributed by atoms with E-state index in [0.29, 0.717) is 18.7 Å². The van der Waals surface area contributed by atoms with Gasteiger partial charge in [-0.1, -0.05) is 0 Å². The summed E-state index contributed by atoms with van der Waals surface area (Å²) in [6, 6.07) is 2.50. The lowest BCUT2D eigenvalue weighted by Gasteiger charge is -2.13. The molecule has 0 saturated carbocycles. The van der Waals surface area contributed by atoms with Gasteiger partial charge in [-0.2, -0.15) is 0 Å². The maximum atomic E-state index is 13.5. The van der Waals surface area contributed by atoms with Crippen molar-refractivity contribution in [2.24, 2.45) is 5.73 Å². The number of nitrogens with zero attached hydrogens (tertiary/aromatic N) is 1. The molecule has 1 aromatic rings. The predicted molar refractivity (Wildman–Crippen MR) is 61.3 cm³/mol. The van der Waals surface area contributed by atoms with Gasteiger partial charge in [0, 0.05) is 19.6 Å². The number of hydrogen-bond donors (Lipinski definition) is 2. The molecule has 0 heterocycles. The molecule has 3 nitrogen and oxygen atoms in total. The summed E-state index contributed by atoms with van der Waals surface area (Å²) < 4.78 is 26.9. The molecule has 1 rings (SSSR count). The maximum absolute atomic E-state index is 13.5. The van der Waals surface area contributed by atoms with Crippen LogP contribution >= 0.6 is 0 Å². The van der Waals surface area contributed by atoms with Gasteiger partial charge in [0.2, 0.25) is 0 Å². The van der Waals surface area contributed by atoms with Crippen molar-refractivity contribution in [3.8, 4) is 0 Å². The van der Waals surface area contributed by atoms with Gasteiger partial charge in [0.15, 0.2) is 0 Å². The smallest absolute Gasteiger partial charge is 0.149 e. The molecule has 0 amide bonds. The van der Waals surface area contributed by atoms with Crippen molar-refractivity contribution in [3.63, 3.8) is 0 Å². The molecular formula is C11H17F2N3. The Morgan fingerprint density at radius 1 is 1.25 bits per heavy atom. The minimum atomic E-state index is -0.598. The fourth-order valence-electron chi connectivity index (χ4n) is 1.32. The number of halogens is 2. The number of benzene rings is 1. The Morgan fingerprint density at radius 2 is 1.81 bits per heavy atom. The maximum Gasteiger partial charge on any atom is 0.149 e. The van der Waals surface area contributed by atoms with Gasteiger partial charge in [0.1, 0.15) is 17.3 Å². The van der Waals surface area contributed by atoms with Crippen LogP contribution in [0.25, 0.3) is 0 Å². The average molecular weight is 229 g/mol. The van der Waals surface area contributed by atoms with E-state index in [0.717, 1.165) is 0 Å². The Bertz CT molecular complexity index is 330. The summed E-state index contributed by atoms with van der Waals surface area (Å²) in [5, 5.41) is 2.73. The predicted octanol–water partition coefficient (Wildman–Crippen LogP) is 1.40. The van der Waals surface area contributed by atoms with E-state index in [2.05, 4.69) is 5.32 Å². The van der Waals surface area contributed by atoms with E-state index >= 15 is 0 Å². The lowest BCUT2D eigenvalue weighted by molar-refractivity contribution is 0.424. The number of rotatable bonds is 5. The highest BCUT2D eigenvalue weighted by atomic mass is 19.1. The van der Waals surface area contributed by atoms with Crippen molar-refractivity contribution >= 4 is 5.69 Å². The average Bonchev–Trinajstić information content (AvgIpc) is 2.21. The SMILES string of the molecule is CN(C)CCNc1c(F)cc(CN)cc1F. The molecule has 0 atom stereocenters. The van der Waals surface area contributed by atoms with Crippen molar-refractivity contribution in [3.05, 3.63) is 29.3 Å². The molecule has 5 heteroatoms. The largest absolute Gasteiger partial charge is 0.379 e. The summed E-state index contributed by atoms with van der Waals surface area (Å²) in [6.07, 6.45) is 0. The number of hydrogen-bond acceptors (Lipinski definition) is 3. The van der Waals surface area contributed by atoms with Gasteiger partial charge in [0.05, 0.1) is 0 Å². The van der Waals surface area contributed by atoms with Gasteiger partial charge in [-0.05, 0) is 31.8 Å². The Kier molecular flexibility index (Phi) is 4.64. The standard InChI is InChI=1S/C11H17F2N3/c1-16(2)4-3-15-11-9(12)5-8(7-14)6-10(11)13/h5-6,15H,3-4,7,14H2,1-2H3. The topological polar surface area (TPSA) is 41.3 Å². The Hall–Kier alpha value is -1.20. The van der Waals surface area contributed by atoms with Crippen LogP contribution in [0.2, 0.25) is 0 Å². The van der Waals surface area contributed by atoms with E-state index < -0.39 is 11.6 Å². The van der Waals surface area contributed by atoms with E-state index in [9.17, 15) is 8.78 Å². The van der Waals surface area contributed by atoms with E-state index in [1.54, 1.807) is 0 Å². The second-order valence-corrected chi connectivity index (χ2v) is 3.87. The van der Waals surface area contributed by atoms with Crippen molar-refractivity contribution in [1.29, 1.82) is 0 Å². The summed E-state index contributed by atoms with van der Waals surface area (Å²) in [7, 11) is 3.79. The van der Waals surface area contributed by atoms with Gasteiger partial charge in [-0.25, -0.2) is 8.78 Å². The van der Waals surface area contributed by atoms with Crippen molar-refractivity contribution < 1.29 is 8.78 Å². The molecule has 0 aliphatic carbocycles. The Labute approximate surface area is 94.2 Å². The van der Waals surface area contributed by atoms with Crippen LogP contribution < -0.4 is 11.1 Å². The van der Waals surface area contributed by atoms with Gasteiger partial charge in [-0.15, -0.1) is 0 Å². The molecule has 0 spiro atoms. The van der Waals surface area contributed by atoms with Crippen molar-refractivity contribution in [1.82, 2.24) is 4.90 Å². The van der Waals surface area contributed by atoms with Crippen LogP contribution in [0, 0.1) is 11.6 Å². The highest BCUT2D eigenvalue weighted by Crippen LogP contribution is 2.20. The van der Waals surface area contributed by atoms with Crippen LogP contribution in [0.5, 0.6) is 0 Å². The third-order valence-electron chi connectivity index (χ3n) is 2.20. The Balaban J connectivity index is 2.72. The molecule has 0 radical (unpaired) electrons.